The van der Waals surface area contributed by atoms with Gasteiger partial charge in [0, 0.05) is 4.47 Å². The topological polar surface area (TPSA) is 9.23 Å². The second-order valence-electron chi connectivity index (χ2n) is 8.86. The van der Waals surface area contributed by atoms with Gasteiger partial charge in [-0.1, -0.05) is 72.1 Å². The molecule has 0 bridgehead atoms. The van der Waals surface area contributed by atoms with Crippen LogP contribution in [0, 0.1) is 0 Å². The summed E-state index contributed by atoms with van der Waals surface area (Å²) in [5, 5.41) is 0.279. The molecule has 1 nitrogen and oxygen atoms in total. The van der Waals surface area contributed by atoms with E-state index in [-0.39, 0.29) is 5.04 Å². The maximum atomic E-state index is 6.29. The highest BCUT2D eigenvalue weighted by molar-refractivity contribution is 9.10. The number of halogens is 1. The number of hydrogen-bond acceptors (Lipinski definition) is 1. The summed E-state index contributed by atoms with van der Waals surface area (Å²) < 4.78 is 7.45. The molecule has 0 atom stereocenters. The van der Waals surface area contributed by atoms with Crippen molar-refractivity contribution in [2.24, 2.45) is 0 Å². The van der Waals surface area contributed by atoms with Crippen molar-refractivity contribution in [1.29, 1.82) is 0 Å². The van der Waals surface area contributed by atoms with Crippen LogP contribution in [0.15, 0.2) is 52.0 Å². The largest absolute Gasteiger partial charge is 0.413 e. The molecule has 0 fully saturated rings. The molecule has 26 heavy (non-hydrogen) atoms. The molecule has 0 aliphatic heterocycles. The first-order valence-corrected chi connectivity index (χ1v) is 13.4. The summed E-state index contributed by atoms with van der Waals surface area (Å²) in [5.74, 6) is 0. The van der Waals surface area contributed by atoms with Crippen molar-refractivity contribution < 1.29 is 4.43 Å². The zero-order valence-corrected chi connectivity index (χ0v) is 20.4. The van der Waals surface area contributed by atoms with Crippen LogP contribution in [0.3, 0.4) is 0 Å². The van der Waals surface area contributed by atoms with Crippen molar-refractivity contribution in [1.82, 2.24) is 0 Å². The van der Waals surface area contributed by atoms with Gasteiger partial charge in [0.2, 0.25) is 0 Å². The molecule has 1 rings (SSSR count). The lowest BCUT2D eigenvalue weighted by atomic mass is 10.1. The minimum Gasteiger partial charge on any atom is -0.413 e. The lowest BCUT2D eigenvalue weighted by Gasteiger charge is -2.36. The fraction of sp³-hybridized carbons (Fsp3) is 0.565. The normalized spacial score (nSPS) is 14.0. The third-order valence-corrected chi connectivity index (χ3v) is 10.3. The third kappa shape index (κ3) is 8.83. The molecule has 0 aliphatic carbocycles. The number of rotatable bonds is 9. The minimum atomic E-state index is -1.64. The van der Waals surface area contributed by atoms with Crippen LogP contribution < -0.4 is 0 Å². The van der Waals surface area contributed by atoms with Crippen LogP contribution in [-0.4, -0.2) is 14.9 Å². The predicted molar refractivity (Wildman–Crippen MR) is 122 cm³/mol. The molecule has 0 amide bonds. The average Bonchev–Trinajstić information content (AvgIpc) is 2.52. The van der Waals surface area contributed by atoms with E-state index >= 15 is 0 Å². The molecule has 0 aliphatic rings. The first-order chi connectivity index (χ1) is 12.0. The van der Waals surface area contributed by atoms with Crippen molar-refractivity contribution in [3.63, 3.8) is 0 Å². The van der Waals surface area contributed by atoms with Gasteiger partial charge in [-0.05, 0) is 75.4 Å². The molecule has 0 radical (unpaired) electrons. The Kier molecular flexibility index (Phi) is 9.56. The fourth-order valence-corrected chi connectivity index (χ4v) is 3.86. The van der Waals surface area contributed by atoms with Crippen molar-refractivity contribution in [2.75, 3.05) is 6.61 Å². The maximum absolute atomic E-state index is 6.29. The van der Waals surface area contributed by atoms with Crippen LogP contribution in [0.1, 0.15) is 59.4 Å². The molecular formula is C23H37BrOSi. The van der Waals surface area contributed by atoms with Crippen LogP contribution >= 0.6 is 15.9 Å². The van der Waals surface area contributed by atoms with Gasteiger partial charge in [-0.3, -0.25) is 0 Å². The molecule has 146 valence electrons. The van der Waals surface area contributed by atoms with Gasteiger partial charge >= 0.3 is 0 Å². The van der Waals surface area contributed by atoms with E-state index in [0.29, 0.717) is 0 Å². The molecule has 0 heterocycles. The SMILES string of the molecule is C/C(=C\CCc1cccc(Br)c1)CC/C=C(\C)CO[Si](C)(C)C(C)(C)C. The number of hydrogen-bond donors (Lipinski definition) is 0. The monoisotopic (exact) mass is 436 g/mol. The zero-order chi connectivity index (χ0) is 19.8. The summed E-state index contributed by atoms with van der Waals surface area (Å²) in [7, 11) is -1.64. The fourth-order valence-electron chi connectivity index (χ4n) is 2.40. The zero-order valence-electron chi connectivity index (χ0n) is 17.8. The van der Waals surface area contributed by atoms with Crippen LogP contribution in [0.5, 0.6) is 0 Å². The van der Waals surface area contributed by atoms with E-state index < -0.39 is 8.32 Å². The molecule has 0 saturated carbocycles. The summed E-state index contributed by atoms with van der Waals surface area (Å²) in [5.41, 5.74) is 4.23. The maximum Gasteiger partial charge on any atom is 0.192 e. The van der Waals surface area contributed by atoms with Gasteiger partial charge in [0.25, 0.3) is 0 Å². The Labute approximate surface area is 171 Å². The van der Waals surface area contributed by atoms with Gasteiger partial charge in [-0.25, -0.2) is 0 Å². The molecule has 0 spiro atoms. The number of aryl methyl sites for hydroxylation is 1. The first-order valence-electron chi connectivity index (χ1n) is 9.71. The highest BCUT2D eigenvalue weighted by Gasteiger charge is 2.36. The van der Waals surface area contributed by atoms with E-state index in [1.54, 1.807) is 0 Å². The number of benzene rings is 1. The Hall–Kier alpha value is -0.643. The quantitative estimate of drug-likeness (QED) is 0.280. The van der Waals surface area contributed by atoms with Crippen LogP contribution in [0.25, 0.3) is 0 Å². The van der Waals surface area contributed by atoms with Gasteiger partial charge in [-0.15, -0.1) is 0 Å². The van der Waals surface area contributed by atoms with E-state index in [9.17, 15) is 0 Å². The summed E-state index contributed by atoms with van der Waals surface area (Å²) in [6.45, 7) is 16.7. The van der Waals surface area contributed by atoms with Crippen molar-refractivity contribution in [3.8, 4) is 0 Å². The molecular weight excluding hydrogens is 400 g/mol. The Bertz CT molecular complexity index is 623. The average molecular weight is 438 g/mol. The molecule has 0 unspecified atom stereocenters. The second kappa shape index (κ2) is 10.6. The van der Waals surface area contributed by atoms with E-state index in [0.717, 1.165) is 36.8 Å². The Morgan fingerprint density at radius 1 is 1.08 bits per heavy atom. The van der Waals surface area contributed by atoms with Gasteiger partial charge in [0.1, 0.15) is 0 Å². The summed E-state index contributed by atoms with van der Waals surface area (Å²) in [6, 6.07) is 8.59. The van der Waals surface area contributed by atoms with Gasteiger partial charge in [-0.2, -0.15) is 0 Å². The van der Waals surface area contributed by atoms with Crippen LogP contribution in [0.4, 0.5) is 0 Å². The molecule has 0 aromatic heterocycles. The van der Waals surface area contributed by atoms with Gasteiger partial charge in [0.15, 0.2) is 8.32 Å². The molecule has 1 aromatic rings. The highest BCUT2D eigenvalue weighted by atomic mass is 79.9. The van der Waals surface area contributed by atoms with Gasteiger partial charge in [0.05, 0.1) is 6.61 Å². The summed E-state index contributed by atoms with van der Waals surface area (Å²) in [6.07, 6.45) is 9.18. The minimum absolute atomic E-state index is 0.279. The summed E-state index contributed by atoms with van der Waals surface area (Å²) in [4.78, 5) is 0. The predicted octanol–water partition coefficient (Wildman–Crippen LogP) is 8.08. The second-order valence-corrected chi connectivity index (χ2v) is 14.6. The highest BCUT2D eigenvalue weighted by Crippen LogP contribution is 2.36. The van der Waals surface area contributed by atoms with Crippen molar-refractivity contribution >= 4 is 24.2 Å². The first kappa shape index (κ1) is 23.4. The standard InChI is InChI=1S/C23H37BrOSi/c1-19(12-9-14-21-15-10-16-22(24)17-21)11-8-13-20(2)18-25-26(6,7)23(3,4)5/h10,12-13,15-17H,8-9,11,14,18H2,1-7H3/b19-12+,20-13+. The van der Waals surface area contributed by atoms with Crippen LogP contribution in [-0.2, 0) is 10.8 Å². The van der Waals surface area contributed by atoms with E-state index in [1.165, 1.54) is 16.7 Å². The van der Waals surface area contributed by atoms with E-state index in [1.807, 2.05) is 0 Å². The van der Waals surface area contributed by atoms with Crippen LogP contribution in [0.2, 0.25) is 18.1 Å². The third-order valence-electron chi connectivity index (χ3n) is 5.31. The van der Waals surface area contributed by atoms with Crippen molar-refractivity contribution in [2.45, 2.75) is 78.4 Å². The Balaban J connectivity index is 2.35. The summed E-state index contributed by atoms with van der Waals surface area (Å²) >= 11 is 3.54. The Morgan fingerprint density at radius 2 is 1.73 bits per heavy atom. The van der Waals surface area contributed by atoms with Crippen molar-refractivity contribution in [3.05, 3.63) is 57.6 Å². The molecule has 0 saturated heterocycles. The smallest absolute Gasteiger partial charge is 0.192 e. The molecule has 1 aromatic carbocycles. The Morgan fingerprint density at radius 3 is 2.35 bits per heavy atom. The lowest BCUT2D eigenvalue weighted by molar-refractivity contribution is 0.318. The van der Waals surface area contributed by atoms with Gasteiger partial charge < -0.3 is 4.43 Å². The lowest BCUT2D eigenvalue weighted by Crippen LogP contribution is -2.41. The van der Waals surface area contributed by atoms with E-state index in [4.69, 9.17) is 4.43 Å². The molecule has 3 heteroatoms. The van der Waals surface area contributed by atoms with E-state index in [2.05, 4.69) is 100 Å². The molecule has 0 N–H and O–H groups in total. The number of allylic oxidation sites excluding steroid dienone is 3.